The van der Waals surface area contributed by atoms with Crippen molar-refractivity contribution in [1.29, 1.82) is 0 Å². The number of amides is 1. The van der Waals surface area contributed by atoms with Crippen molar-refractivity contribution in [3.05, 3.63) is 0 Å². The highest BCUT2D eigenvalue weighted by Gasteiger charge is 2.20. The summed E-state index contributed by atoms with van der Waals surface area (Å²) in [4.78, 5) is 24.7. The Morgan fingerprint density at radius 2 is 0.456 bits per heavy atom. The van der Waals surface area contributed by atoms with Crippen LogP contribution in [-0.2, 0) is 14.3 Å². The van der Waals surface area contributed by atoms with Crippen molar-refractivity contribution in [3.8, 4) is 0 Å². The van der Waals surface area contributed by atoms with Crippen molar-refractivity contribution in [2.45, 2.75) is 514 Å². The maximum Gasteiger partial charge on any atom is 0.305 e. The lowest BCUT2D eigenvalue weighted by Gasteiger charge is -2.22. The van der Waals surface area contributed by atoms with Gasteiger partial charge in [-0.25, -0.2) is 0 Å². The standard InChI is InChI=1S/C84H167NO5/c1-3-5-7-9-11-13-15-17-19-21-41-45-48-52-56-60-64-68-72-76-82(87)81(80-86)85-83(88)77-73-69-65-61-57-53-49-46-42-39-37-35-33-31-29-27-25-23-22-24-26-28-30-32-34-36-38-40-43-47-51-55-59-63-67-71-75-79-90-84(89)78-74-70-66-62-58-54-50-44-20-18-16-14-12-10-8-6-4-2/h81-82,86-87H,3-80H2,1-2H3,(H,85,88). The summed E-state index contributed by atoms with van der Waals surface area (Å²) in [5.41, 5.74) is 0. The third-order valence-corrected chi connectivity index (χ3v) is 20.4. The molecule has 2 atom stereocenters. The number of unbranched alkanes of at least 4 members (excludes halogenated alkanes) is 70. The highest BCUT2D eigenvalue weighted by atomic mass is 16.5. The molecule has 0 spiro atoms. The maximum atomic E-state index is 12.6. The Balaban J connectivity index is 3.28. The number of esters is 1. The van der Waals surface area contributed by atoms with Gasteiger partial charge >= 0.3 is 5.97 Å². The zero-order chi connectivity index (χ0) is 64.9. The molecule has 90 heavy (non-hydrogen) atoms. The number of aliphatic hydroxyl groups is 2. The van der Waals surface area contributed by atoms with Gasteiger partial charge in [-0.15, -0.1) is 0 Å². The topological polar surface area (TPSA) is 95.9 Å². The Morgan fingerprint density at radius 3 is 0.678 bits per heavy atom. The summed E-state index contributed by atoms with van der Waals surface area (Å²) in [6.45, 7) is 5.03. The molecule has 0 aromatic carbocycles. The molecular weight excluding hydrogens is 1100 g/mol. The SMILES string of the molecule is CCCCCCCCCCCCCCCCCCCCCC(O)C(CO)NC(=O)CCCCCCCCCCCCCCCCCCCCCCCCCCCCCCCCCCCCCCCOC(=O)CCCCCCCCCCCCCCCCCCC. The van der Waals surface area contributed by atoms with E-state index in [1.54, 1.807) is 0 Å². The third kappa shape index (κ3) is 75.9. The Kier molecular flexibility index (Phi) is 79.3. The number of aliphatic hydroxyl groups excluding tert-OH is 2. The van der Waals surface area contributed by atoms with E-state index in [2.05, 4.69) is 19.2 Å². The summed E-state index contributed by atoms with van der Waals surface area (Å²) in [7, 11) is 0. The highest BCUT2D eigenvalue weighted by molar-refractivity contribution is 5.76. The molecule has 0 aliphatic rings. The Morgan fingerprint density at radius 1 is 0.267 bits per heavy atom. The van der Waals surface area contributed by atoms with E-state index in [4.69, 9.17) is 4.74 Å². The second-order valence-corrected chi connectivity index (χ2v) is 29.5. The van der Waals surface area contributed by atoms with Crippen LogP contribution in [-0.4, -0.2) is 47.4 Å². The van der Waals surface area contributed by atoms with Gasteiger partial charge in [0.15, 0.2) is 0 Å². The molecule has 6 heteroatoms. The normalized spacial score (nSPS) is 12.4. The minimum absolute atomic E-state index is 0.0234. The molecule has 0 bridgehead atoms. The zero-order valence-corrected chi connectivity index (χ0v) is 61.9. The first-order chi connectivity index (χ1) is 44.5. The van der Waals surface area contributed by atoms with Crippen molar-refractivity contribution in [1.82, 2.24) is 5.32 Å². The van der Waals surface area contributed by atoms with Crippen LogP contribution in [0.3, 0.4) is 0 Å². The number of hydrogen-bond donors (Lipinski definition) is 3. The average Bonchev–Trinajstić information content (AvgIpc) is 3.57. The lowest BCUT2D eigenvalue weighted by molar-refractivity contribution is -0.143. The van der Waals surface area contributed by atoms with Gasteiger partial charge in [-0.1, -0.05) is 463 Å². The van der Waals surface area contributed by atoms with Gasteiger partial charge in [0.25, 0.3) is 0 Å². The fraction of sp³-hybridized carbons (Fsp3) is 0.976. The van der Waals surface area contributed by atoms with Gasteiger partial charge in [-0.3, -0.25) is 9.59 Å². The van der Waals surface area contributed by atoms with E-state index >= 15 is 0 Å². The van der Waals surface area contributed by atoms with Crippen molar-refractivity contribution >= 4 is 11.9 Å². The van der Waals surface area contributed by atoms with Crippen LogP contribution in [0, 0.1) is 0 Å². The van der Waals surface area contributed by atoms with Crippen LogP contribution in [0.25, 0.3) is 0 Å². The predicted octanol–water partition coefficient (Wildman–Crippen LogP) is 28.1. The van der Waals surface area contributed by atoms with Crippen LogP contribution in [0.5, 0.6) is 0 Å². The van der Waals surface area contributed by atoms with E-state index in [1.807, 2.05) is 0 Å². The predicted molar refractivity (Wildman–Crippen MR) is 398 cm³/mol. The summed E-state index contributed by atoms with van der Waals surface area (Å²) in [5, 5.41) is 23.4. The summed E-state index contributed by atoms with van der Waals surface area (Å²) in [5.74, 6) is 0.00560. The van der Waals surface area contributed by atoms with Gasteiger partial charge < -0.3 is 20.3 Å². The van der Waals surface area contributed by atoms with Gasteiger partial charge in [0, 0.05) is 12.8 Å². The number of carbonyl (C=O) groups is 2. The van der Waals surface area contributed by atoms with E-state index in [0.29, 0.717) is 25.9 Å². The van der Waals surface area contributed by atoms with Crippen molar-refractivity contribution in [3.63, 3.8) is 0 Å². The van der Waals surface area contributed by atoms with Gasteiger partial charge in [0.2, 0.25) is 5.91 Å². The summed E-state index contributed by atoms with van der Waals surface area (Å²) in [6, 6.07) is -0.537. The Hall–Kier alpha value is -1.14. The van der Waals surface area contributed by atoms with Crippen LogP contribution in [0.2, 0.25) is 0 Å². The lowest BCUT2D eigenvalue weighted by atomic mass is 10.0. The minimum Gasteiger partial charge on any atom is -0.466 e. The molecule has 0 heterocycles. The molecule has 1 amide bonds. The minimum atomic E-state index is -0.660. The second-order valence-electron chi connectivity index (χ2n) is 29.5. The molecule has 0 aliphatic heterocycles. The van der Waals surface area contributed by atoms with E-state index < -0.39 is 12.1 Å². The second kappa shape index (κ2) is 80.3. The Labute approximate surface area is 566 Å². The van der Waals surface area contributed by atoms with E-state index in [9.17, 15) is 19.8 Å². The molecule has 0 radical (unpaired) electrons. The summed E-state index contributed by atoms with van der Waals surface area (Å²) >= 11 is 0. The number of ether oxygens (including phenoxy) is 1. The number of hydrogen-bond acceptors (Lipinski definition) is 5. The number of carbonyl (C=O) groups excluding carboxylic acids is 2. The lowest BCUT2D eigenvalue weighted by Crippen LogP contribution is -2.45. The van der Waals surface area contributed by atoms with Crippen LogP contribution in [0.4, 0.5) is 0 Å². The molecule has 0 fully saturated rings. The fourth-order valence-electron chi connectivity index (χ4n) is 14.0. The summed E-state index contributed by atoms with van der Waals surface area (Å²) < 4.78 is 5.52. The zero-order valence-electron chi connectivity index (χ0n) is 61.9. The smallest absolute Gasteiger partial charge is 0.305 e. The average molecular weight is 1270 g/mol. The molecule has 0 saturated carbocycles. The molecule has 0 aromatic heterocycles. The molecule has 2 unspecified atom stereocenters. The van der Waals surface area contributed by atoms with Crippen LogP contribution in [0.15, 0.2) is 0 Å². The third-order valence-electron chi connectivity index (χ3n) is 20.4. The molecule has 0 aromatic rings. The molecule has 0 rings (SSSR count). The van der Waals surface area contributed by atoms with Gasteiger partial charge in [-0.05, 0) is 25.7 Å². The monoisotopic (exact) mass is 1270 g/mol. The van der Waals surface area contributed by atoms with E-state index in [-0.39, 0.29) is 18.5 Å². The molecular formula is C84H167NO5. The van der Waals surface area contributed by atoms with Crippen LogP contribution >= 0.6 is 0 Å². The van der Waals surface area contributed by atoms with E-state index in [1.165, 1.54) is 430 Å². The Bertz CT molecular complexity index is 1320. The molecule has 538 valence electrons. The maximum absolute atomic E-state index is 12.6. The molecule has 3 N–H and O–H groups in total. The van der Waals surface area contributed by atoms with Gasteiger partial charge in [0.1, 0.15) is 0 Å². The van der Waals surface area contributed by atoms with Gasteiger partial charge in [-0.2, -0.15) is 0 Å². The van der Waals surface area contributed by atoms with E-state index in [0.717, 1.165) is 38.5 Å². The first kappa shape index (κ1) is 88.9. The highest BCUT2D eigenvalue weighted by Crippen LogP contribution is 2.21. The fourth-order valence-corrected chi connectivity index (χ4v) is 14.0. The first-order valence-corrected chi connectivity index (χ1v) is 42.3. The van der Waals surface area contributed by atoms with Crippen molar-refractivity contribution in [2.75, 3.05) is 13.2 Å². The van der Waals surface area contributed by atoms with Crippen LogP contribution < -0.4 is 5.32 Å². The number of rotatable bonds is 81. The first-order valence-electron chi connectivity index (χ1n) is 42.3. The quantitative estimate of drug-likeness (QED) is 0.0417. The molecule has 6 nitrogen and oxygen atoms in total. The summed E-state index contributed by atoms with van der Waals surface area (Å²) in [6.07, 6.45) is 101. The van der Waals surface area contributed by atoms with Crippen molar-refractivity contribution in [2.24, 2.45) is 0 Å². The number of nitrogens with one attached hydrogen (secondary N) is 1. The van der Waals surface area contributed by atoms with Crippen LogP contribution in [0.1, 0.15) is 502 Å². The largest absolute Gasteiger partial charge is 0.466 e. The molecule has 0 aliphatic carbocycles. The van der Waals surface area contributed by atoms with Crippen molar-refractivity contribution < 1.29 is 24.5 Å². The van der Waals surface area contributed by atoms with Gasteiger partial charge in [0.05, 0.1) is 25.4 Å². The molecule has 0 saturated heterocycles.